The molecule has 18 heavy (non-hydrogen) atoms. The average Bonchev–Trinajstić information content (AvgIpc) is 2.39. The summed E-state index contributed by atoms with van der Waals surface area (Å²) in [6, 6.07) is 11.7. The molecule has 1 N–H and O–H groups in total. The van der Waals surface area contributed by atoms with Gasteiger partial charge in [0, 0.05) is 12.5 Å². The molecule has 0 aliphatic rings. The van der Waals surface area contributed by atoms with Gasteiger partial charge in [-0.05, 0) is 17.9 Å². The highest BCUT2D eigenvalue weighted by Gasteiger charge is 2.10. The summed E-state index contributed by atoms with van der Waals surface area (Å²) in [5, 5.41) is 11.6. The van der Waals surface area contributed by atoms with Gasteiger partial charge in [-0.1, -0.05) is 30.3 Å². The molecular formula is C13H13N3OS. The highest BCUT2D eigenvalue weighted by Crippen LogP contribution is 2.28. The maximum Gasteiger partial charge on any atom is 0.222 e. The molecule has 0 atom stereocenters. The van der Waals surface area contributed by atoms with Crippen molar-refractivity contribution in [3.63, 3.8) is 0 Å². The van der Waals surface area contributed by atoms with Crippen molar-refractivity contribution in [1.82, 2.24) is 10.2 Å². The van der Waals surface area contributed by atoms with Crippen molar-refractivity contribution in [1.29, 1.82) is 0 Å². The van der Waals surface area contributed by atoms with Crippen LogP contribution in [0.3, 0.4) is 0 Å². The number of carbonyl (C=O) groups excluding carboxylic acids is 1. The number of thioether (sulfide) groups is 1. The van der Waals surface area contributed by atoms with Gasteiger partial charge in [0.05, 0.1) is 0 Å². The molecule has 1 aromatic carbocycles. The maximum absolute atomic E-state index is 11.2. The summed E-state index contributed by atoms with van der Waals surface area (Å²) in [6.07, 6.45) is 1.94. The number of hydrogen-bond acceptors (Lipinski definition) is 4. The van der Waals surface area contributed by atoms with Crippen molar-refractivity contribution in [3.05, 3.63) is 36.4 Å². The quantitative estimate of drug-likeness (QED) is 0.861. The number of carbonyl (C=O) groups is 1. The number of aromatic nitrogens is 2. The van der Waals surface area contributed by atoms with Gasteiger partial charge in [-0.2, -0.15) is 0 Å². The lowest BCUT2D eigenvalue weighted by Crippen LogP contribution is -2.09. The minimum absolute atomic E-state index is 0.154. The Balaban J connectivity index is 2.51. The van der Waals surface area contributed by atoms with Gasteiger partial charge in [0.1, 0.15) is 5.03 Å². The van der Waals surface area contributed by atoms with Crippen LogP contribution >= 0.6 is 11.8 Å². The highest BCUT2D eigenvalue weighted by molar-refractivity contribution is 7.98. The Morgan fingerprint density at radius 3 is 2.56 bits per heavy atom. The van der Waals surface area contributed by atoms with Crippen LogP contribution in [0.1, 0.15) is 6.92 Å². The SMILES string of the molecule is CSc1cc(-c2ccccc2)c(NC(C)=O)nn1. The minimum Gasteiger partial charge on any atom is -0.309 e. The fourth-order valence-electron chi connectivity index (χ4n) is 1.57. The molecular weight excluding hydrogens is 246 g/mol. The zero-order chi connectivity index (χ0) is 13.0. The third-order valence-electron chi connectivity index (χ3n) is 2.36. The summed E-state index contributed by atoms with van der Waals surface area (Å²) in [5.74, 6) is 0.338. The lowest BCUT2D eigenvalue weighted by Gasteiger charge is -2.09. The Kier molecular flexibility index (Phi) is 3.94. The molecule has 1 aromatic heterocycles. The zero-order valence-corrected chi connectivity index (χ0v) is 11.0. The molecule has 0 saturated heterocycles. The van der Waals surface area contributed by atoms with Crippen molar-refractivity contribution in [3.8, 4) is 11.1 Å². The third kappa shape index (κ3) is 2.87. The van der Waals surface area contributed by atoms with Gasteiger partial charge in [-0.3, -0.25) is 4.79 Å². The molecule has 0 unspecified atom stereocenters. The van der Waals surface area contributed by atoms with Crippen LogP contribution in [0.5, 0.6) is 0 Å². The van der Waals surface area contributed by atoms with Crippen LogP contribution in [0, 0.1) is 0 Å². The van der Waals surface area contributed by atoms with E-state index in [2.05, 4.69) is 15.5 Å². The molecule has 2 aromatic rings. The van der Waals surface area contributed by atoms with Crippen LogP contribution in [0.25, 0.3) is 11.1 Å². The maximum atomic E-state index is 11.2. The molecule has 2 rings (SSSR count). The van der Waals surface area contributed by atoms with E-state index in [9.17, 15) is 4.79 Å². The smallest absolute Gasteiger partial charge is 0.222 e. The zero-order valence-electron chi connectivity index (χ0n) is 10.2. The van der Waals surface area contributed by atoms with E-state index in [0.717, 1.165) is 16.2 Å². The van der Waals surface area contributed by atoms with Crippen LogP contribution in [0.2, 0.25) is 0 Å². The van der Waals surface area contributed by atoms with Crippen LogP contribution in [0.4, 0.5) is 5.82 Å². The van der Waals surface area contributed by atoms with Gasteiger partial charge in [0.15, 0.2) is 5.82 Å². The average molecular weight is 259 g/mol. The van der Waals surface area contributed by atoms with E-state index in [1.165, 1.54) is 18.7 Å². The van der Waals surface area contributed by atoms with Crippen molar-refractivity contribution < 1.29 is 4.79 Å². The van der Waals surface area contributed by atoms with E-state index in [0.29, 0.717) is 5.82 Å². The third-order valence-corrected chi connectivity index (χ3v) is 2.98. The van der Waals surface area contributed by atoms with Crippen LogP contribution in [-0.4, -0.2) is 22.4 Å². The molecule has 0 aliphatic carbocycles. The Bertz CT molecular complexity index is 557. The molecule has 0 spiro atoms. The number of nitrogens with one attached hydrogen (secondary N) is 1. The molecule has 0 radical (unpaired) electrons. The number of benzene rings is 1. The first kappa shape index (κ1) is 12.6. The Morgan fingerprint density at radius 2 is 1.94 bits per heavy atom. The molecule has 0 fully saturated rings. The molecule has 92 valence electrons. The first-order valence-electron chi connectivity index (χ1n) is 5.45. The Hall–Kier alpha value is -1.88. The number of hydrogen-bond donors (Lipinski definition) is 1. The molecule has 0 aliphatic heterocycles. The summed E-state index contributed by atoms with van der Waals surface area (Å²) in [7, 11) is 0. The van der Waals surface area contributed by atoms with E-state index in [1.54, 1.807) is 0 Å². The second-order valence-corrected chi connectivity index (χ2v) is 4.52. The van der Waals surface area contributed by atoms with E-state index in [1.807, 2.05) is 42.7 Å². The van der Waals surface area contributed by atoms with Crippen LogP contribution < -0.4 is 5.32 Å². The number of rotatable bonds is 3. The van der Waals surface area contributed by atoms with Gasteiger partial charge < -0.3 is 5.32 Å². The normalized spacial score (nSPS) is 10.1. The number of anilines is 1. The topological polar surface area (TPSA) is 54.9 Å². The van der Waals surface area contributed by atoms with E-state index < -0.39 is 0 Å². The first-order valence-corrected chi connectivity index (χ1v) is 6.68. The fraction of sp³-hybridized carbons (Fsp3) is 0.154. The monoisotopic (exact) mass is 259 g/mol. The molecule has 0 bridgehead atoms. The largest absolute Gasteiger partial charge is 0.309 e. The van der Waals surface area contributed by atoms with Gasteiger partial charge in [-0.15, -0.1) is 22.0 Å². The molecule has 4 nitrogen and oxygen atoms in total. The highest BCUT2D eigenvalue weighted by atomic mass is 32.2. The minimum atomic E-state index is -0.154. The van der Waals surface area contributed by atoms with Crippen LogP contribution in [-0.2, 0) is 4.79 Å². The van der Waals surface area contributed by atoms with Crippen molar-refractivity contribution in [2.24, 2.45) is 0 Å². The second kappa shape index (κ2) is 5.64. The fourth-order valence-corrected chi connectivity index (χ4v) is 1.93. The van der Waals surface area contributed by atoms with E-state index in [-0.39, 0.29) is 5.91 Å². The molecule has 5 heteroatoms. The van der Waals surface area contributed by atoms with Crippen molar-refractivity contribution in [2.75, 3.05) is 11.6 Å². The first-order chi connectivity index (χ1) is 8.70. The predicted octanol–water partition coefficient (Wildman–Crippen LogP) is 2.82. The summed E-state index contributed by atoms with van der Waals surface area (Å²) in [6.45, 7) is 1.46. The standard InChI is InChI=1S/C13H13N3OS/c1-9(17)14-13-11(8-12(18-2)15-16-13)10-6-4-3-5-7-10/h3-8H,1-2H3,(H,14,16,17). The second-order valence-electron chi connectivity index (χ2n) is 3.70. The van der Waals surface area contributed by atoms with Gasteiger partial charge in [-0.25, -0.2) is 0 Å². The number of nitrogens with zero attached hydrogens (tertiary/aromatic N) is 2. The summed E-state index contributed by atoms with van der Waals surface area (Å²) < 4.78 is 0. The van der Waals surface area contributed by atoms with Gasteiger partial charge >= 0.3 is 0 Å². The van der Waals surface area contributed by atoms with Gasteiger partial charge in [0.2, 0.25) is 5.91 Å². The van der Waals surface area contributed by atoms with Crippen LogP contribution in [0.15, 0.2) is 41.4 Å². The van der Waals surface area contributed by atoms with Gasteiger partial charge in [0.25, 0.3) is 0 Å². The van der Waals surface area contributed by atoms with Crippen molar-refractivity contribution in [2.45, 2.75) is 11.9 Å². The van der Waals surface area contributed by atoms with E-state index >= 15 is 0 Å². The summed E-state index contributed by atoms with van der Waals surface area (Å²) >= 11 is 1.52. The summed E-state index contributed by atoms with van der Waals surface area (Å²) in [5.41, 5.74) is 1.89. The summed E-state index contributed by atoms with van der Waals surface area (Å²) in [4.78, 5) is 11.2. The number of amides is 1. The predicted molar refractivity (Wildman–Crippen MR) is 73.6 cm³/mol. The van der Waals surface area contributed by atoms with Crippen molar-refractivity contribution >= 4 is 23.5 Å². The Morgan fingerprint density at radius 1 is 1.22 bits per heavy atom. The molecule has 1 amide bonds. The van der Waals surface area contributed by atoms with E-state index in [4.69, 9.17) is 0 Å². The lowest BCUT2D eigenvalue weighted by molar-refractivity contribution is -0.114. The molecule has 1 heterocycles. The molecule has 0 saturated carbocycles. The Labute approximate surface area is 110 Å². The lowest BCUT2D eigenvalue weighted by atomic mass is 10.1.